The maximum atomic E-state index is 5.54. The number of nitrogens with one attached hydrogen (secondary N) is 1. The van der Waals surface area contributed by atoms with E-state index in [0.29, 0.717) is 5.92 Å². The van der Waals surface area contributed by atoms with Gasteiger partial charge in [0.25, 0.3) is 0 Å². The molecular formula is C21H29N3O. The van der Waals surface area contributed by atoms with Gasteiger partial charge in [-0.1, -0.05) is 45.0 Å². The molecule has 134 valence electrons. The molecule has 0 unspecified atom stereocenters. The maximum absolute atomic E-state index is 5.54. The quantitative estimate of drug-likeness (QED) is 0.925. The second-order valence-corrected chi connectivity index (χ2v) is 8.57. The molecule has 4 nitrogen and oxygen atoms in total. The molecule has 1 aromatic heterocycles. The van der Waals surface area contributed by atoms with E-state index < -0.39 is 0 Å². The first-order valence-corrected chi connectivity index (χ1v) is 9.48. The Bertz CT molecular complexity index is 721. The topological polar surface area (TPSA) is 41.2 Å². The van der Waals surface area contributed by atoms with Gasteiger partial charge in [-0.2, -0.15) is 5.10 Å². The highest BCUT2D eigenvalue weighted by Crippen LogP contribution is 2.31. The summed E-state index contributed by atoms with van der Waals surface area (Å²) >= 11 is 0. The standard InChI is InChI=1S/C21H29N3O/c1-21(2,3)17-6-4-16(5-7-17)20-18-13-24(10-8-19(18)22-23-20)12-15-9-11-25-14-15/h4-7,15H,8-14H2,1-3H3,(H,22,23)/t15-/m0/s1. The van der Waals surface area contributed by atoms with E-state index in [-0.39, 0.29) is 5.41 Å². The van der Waals surface area contributed by atoms with Crippen LogP contribution < -0.4 is 0 Å². The van der Waals surface area contributed by atoms with E-state index >= 15 is 0 Å². The first-order valence-electron chi connectivity index (χ1n) is 9.48. The Morgan fingerprint density at radius 3 is 2.72 bits per heavy atom. The van der Waals surface area contributed by atoms with Crippen LogP contribution in [0.5, 0.6) is 0 Å². The average molecular weight is 339 g/mol. The lowest BCUT2D eigenvalue weighted by Gasteiger charge is -2.29. The van der Waals surface area contributed by atoms with Crippen LogP contribution in [0.15, 0.2) is 24.3 Å². The lowest BCUT2D eigenvalue weighted by molar-refractivity contribution is 0.162. The summed E-state index contributed by atoms with van der Waals surface area (Å²) in [6, 6.07) is 8.93. The smallest absolute Gasteiger partial charge is 0.0968 e. The Morgan fingerprint density at radius 1 is 1.24 bits per heavy atom. The zero-order valence-corrected chi connectivity index (χ0v) is 15.6. The van der Waals surface area contributed by atoms with Gasteiger partial charge in [0.2, 0.25) is 0 Å². The predicted molar refractivity (Wildman–Crippen MR) is 101 cm³/mol. The predicted octanol–water partition coefficient (Wildman–Crippen LogP) is 3.77. The van der Waals surface area contributed by atoms with Crippen molar-refractivity contribution in [1.82, 2.24) is 15.1 Å². The molecule has 0 bridgehead atoms. The van der Waals surface area contributed by atoms with Crippen molar-refractivity contribution in [3.63, 3.8) is 0 Å². The van der Waals surface area contributed by atoms with Crippen LogP contribution in [0.4, 0.5) is 0 Å². The van der Waals surface area contributed by atoms with E-state index in [2.05, 4.69) is 60.1 Å². The molecule has 1 fully saturated rings. The lowest BCUT2D eigenvalue weighted by atomic mass is 9.86. The molecule has 0 aliphatic carbocycles. The minimum absolute atomic E-state index is 0.184. The van der Waals surface area contributed by atoms with Gasteiger partial charge in [-0.3, -0.25) is 10.00 Å². The van der Waals surface area contributed by atoms with Crippen molar-refractivity contribution < 1.29 is 4.74 Å². The molecule has 1 saturated heterocycles. The SMILES string of the molecule is CC(C)(C)c1ccc(-c2n[nH]c3c2CN(C[C@@H]2CCOC2)CC3)cc1. The third-order valence-electron chi connectivity index (χ3n) is 5.58. The molecule has 0 spiro atoms. The summed E-state index contributed by atoms with van der Waals surface area (Å²) < 4.78 is 5.54. The van der Waals surface area contributed by atoms with E-state index in [1.807, 2.05) is 0 Å². The van der Waals surface area contributed by atoms with Crippen LogP contribution >= 0.6 is 0 Å². The summed E-state index contributed by atoms with van der Waals surface area (Å²) in [5, 5.41) is 7.93. The molecular weight excluding hydrogens is 310 g/mol. The van der Waals surface area contributed by atoms with Crippen molar-refractivity contribution in [2.45, 2.75) is 45.6 Å². The Balaban J connectivity index is 1.54. The second kappa shape index (κ2) is 6.58. The molecule has 4 rings (SSSR count). The monoisotopic (exact) mass is 339 g/mol. The maximum Gasteiger partial charge on any atom is 0.0968 e. The van der Waals surface area contributed by atoms with E-state index in [0.717, 1.165) is 45.0 Å². The van der Waals surface area contributed by atoms with Crippen molar-refractivity contribution in [2.75, 3.05) is 26.3 Å². The number of hydrogen-bond donors (Lipinski definition) is 1. The largest absolute Gasteiger partial charge is 0.381 e. The number of nitrogens with zero attached hydrogens (tertiary/aromatic N) is 2. The van der Waals surface area contributed by atoms with Gasteiger partial charge < -0.3 is 4.74 Å². The van der Waals surface area contributed by atoms with Gasteiger partial charge in [0.1, 0.15) is 0 Å². The molecule has 1 aromatic carbocycles. The highest BCUT2D eigenvalue weighted by atomic mass is 16.5. The fourth-order valence-electron chi connectivity index (χ4n) is 3.97. The Kier molecular flexibility index (Phi) is 4.42. The highest BCUT2D eigenvalue weighted by molar-refractivity contribution is 5.64. The van der Waals surface area contributed by atoms with Gasteiger partial charge in [0, 0.05) is 49.5 Å². The van der Waals surface area contributed by atoms with Crippen molar-refractivity contribution in [2.24, 2.45) is 5.92 Å². The summed E-state index contributed by atoms with van der Waals surface area (Å²) in [6.07, 6.45) is 2.27. The summed E-state index contributed by atoms with van der Waals surface area (Å²) in [4.78, 5) is 2.57. The number of H-pyrrole nitrogens is 1. The van der Waals surface area contributed by atoms with Gasteiger partial charge in [0.05, 0.1) is 12.3 Å². The number of aromatic nitrogens is 2. The number of ether oxygens (including phenoxy) is 1. The number of benzene rings is 1. The van der Waals surface area contributed by atoms with E-state index in [4.69, 9.17) is 4.74 Å². The van der Waals surface area contributed by atoms with Crippen molar-refractivity contribution in [3.8, 4) is 11.3 Å². The van der Waals surface area contributed by atoms with Gasteiger partial charge in [-0.25, -0.2) is 0 Å². The molecule has 2 aliphatic rings. The number of aromatic amines is 1. The van der Waals surface area contributed by atoms with Gasteiger partial charge in [-0.05, 0) is 23.3 Å². The Hall–Kier alpha value is -1.65. The van der Waals surface area contributed by atoms with Gasteiger partial charge in [0.15, 0.2) is 0 Å². The summed E-state index contributed by atoms with van der Waals surface area (Å²) in [6.45, 7) is 11.9. The minimum Gasteiger partial charge on any atom is -0.381 e. The molecule has 0 amide bonds. The molecule has 1 atom stereocenters. The average Bonchev–Trinajstić information content (AvgIpc) is 3.23. The molecule has 4 heteroatoms. The van der Waals surface area contributed by atoms with Crippen LogP contribution in [0.3, 0.4) is 0 Å². The zero-order valence-electron chi connectivity index (χ0n) is 15.6. The summed E-state index contributed by atoms with van der Waals surface area (Å²) in [7, 11) is 0. The normalized spacial score (nSPS) is 21.5. The molecule has 0 radical (unpaired) electrons. The number of hydrogen-bond acceptors (Lipinski definition) is 3. The summed E-state index contributed by atoms with van der Waals surface area (Å²) in [5.74, 6) is 0.697. The third-order valence-corrected chi connectivity index (χ3v) is 5.58. The van der Waals surface area contributed by atoms with Crippen molar-refractivity contribution >= 4 is 0 Å². The molecule has 3 heterocycles. The van der Waals surface area contributed by atoms with Crippen molar-refractivity contribution in [1.29, 1.82) is 0 Å². The van der Waals surface area contributed by atoms with Crippen LogP contribution in [-0.2, 0) is 23.1 Å². The third kappa shape index (κ3) is 3.51. The lowest BCUT2D eigenvalue weighted by Crippen LogP contribution is -2.34. The van der Waals surface area contributed by atoms with Crippen LogP contribution in [0.1, 0.15) is 44.0 Å². The molecule has 2 aromatic rings. The number of rotatable bonds is 3. The van der Waals surface area contributed by atoms with E-state index in [1.54, 1.807) is 0 Å². The fourth-order valence-corrected chi connectivity index (χ4v) is 3.97. The first-order chi connectivity index (χ1) is 12.0. The van der Waals surface area contributed by atoms with Crippen LogP contribution in [0, 0.1) is 5.92 Å². The fraction of sp³-hybridized carbons (Fsp3) is 0.571. The van der Waals surface area contributed by atoms with E-state index in [1.165, 1.54) is 28.8 Å². The molecule has 25 heavy (non-hydrogen) atoms. The molecule has 0 saturated carbocycles. The van der Waals surface area contributed by atoms with E-state index in [9.17, 15) is 0 Å². The molecule has 2 aliphatic heterocycles. The Labute approximate surface area is 150 Å². The zero-order chi connectivity index (χ0) is 17.4. The second-order valence-electron chi connectivity index (χ2n) is 8.57. The number of fused-ring (bicyclic) bond motifs is 1. The first kappa shape index (κ1) is 16.8. The highest BCUT2D eigenvalue weighted by Gasteiger charge is 2.26. The van der Waals surface area contributed by atoms with Gasteiger partial charge in [-0.15, -0.1) is 0 Å². The minimum atomic E-state index is 0.184. The van der Waals surface area contributed by atoms with Crippen molar-refractivity contribution in [3.05, 3.63) is 41.1 Å². The summed E-state index contributed by atoms with van der Waals surface area (Å²) in [5.41, 5.74) is 6.59. The van der Waals surface area contributed by atoms with Crippen LogP contribution in [0.2, 0.25) is 0 Å². The van der Waals surface area contributed by atoms with Crippen LogP contribution in [0.25, 0.3) is 11.3 Å². The molecule has 1 N–H and O–H groups in total. The van der Waals surface area contributed by atoms with Crippen LogP contribution in [-0.4, -0.2) is 41.4 Å². The Morgan fingerprint density at radius 2 is 2.04 bits per heavy atom. The van der Waals surface area contributed by atoms with Gasteiger partial charge >= 0.3 is 0 Å².